The van der Waals surface area contributed by atoms with Crippen LogP contribution in [0.15, 0.2) is 10.6 Å². The second kappa shape index (κ2) is 3.27. The summed E-state index contributed by atoms with van der Waals surface area (Å²) in [4.78, 5) is 0. The van der Waals surface area contributed by atoms with Gasteiger partial charge in [0.25, 0.3) is 0 Å². The number of nitrogens with zero attached hydrogens (tertiary/aromatic N) is 1. The van der Waals surface area contributed by atoms with Crippen LogP contribution in [-0.2, 0) is 12.0 Å². The summed E-state index contributed by atoms with van der Waals surface area (Å²) >= 11 is 0. The average Bonchev–Trinajstić information content (AvgIpc) is 2.52. The van der Waals surface area contributed by atoms with Crippen LogP contribution in [0.2, 0.25) is 0 Å². The summed E-state index contributed by atoms with van der Waals surface area (Å²) in [6.45, 7) is 6.23. The molecule has 0 aliphatic carbocycles. The molecule has 0 aliphatic rings. The minimum Gasteiger partial charge on any atom is -0.390 e. The molecule has 1 aromatic rings. The van der Waals surface area contributed by atoms with Crippen molar-refractivity contribution >= 4 is 0 Å². The second-order valence-electron chi connectivity index (χ2n) is 3.58. The van der Waals surface area contributed by atoms with Crippen LogP contribution in [0.25, 0.3) is 0 Å². The number of aromatic nitrogens is 1. The molecule has 0 amide bonds. The lowest BCUT2D eigenvalue weighted by atomic mass is 9.87. The minimum absolute atomic E-state index is 0.0143. The van der Waals surface area contributed by atoms with E-state index in [1.165, 1.54) is 0 Å². The maximum atomic E-state index is 8.77. The number of rotatable bonds is 3. The van der Waals surface area contributed by atoms with Crippen LogP contribution in [0.4, 0.5) is 0 Å². The van der Waals surface area contributed by atoms with Crippen molar-refractivity contribution in [3.8, 4) is 0 Å². The van der Waals surface area contributed by atoms with Crippen molar-refractivity contribution in [1.29, 1.82) is 0 Å². The smallest absolute Gasteiger partial charge is 0.142 e. The van der Waals surface area contributed by atoms with E-state index in [0.29, 0.717) is 5.69 Å². The summed E-state index contributed by atoms with van der Waals surface area (Å²) in [5.74, 6) is 0.842. The van der Waals surface area contributed by atoms with Gasteiger partial charge in [-0.2, -0.15) is 0 Å². The molecule has 0 radical (unpaired) electrons. The number of aliphatic hydroxyl groups is 1. The Balaban J connectivity index is 2.88. The van der Waals surface area contributed by atoms with E-state index in [1.807, 2.05) is 6.07 Å². The molecule has 0 saturated carbocycles. The van der Waals surface area contributed by atoms with Crippen LogP contribution in [-0.4, -0.2) is 10.3 Å². The Morgan fingerprint density at radius 2 is 2.25 bits per heavy atom. The quantitative estimate of drug-likeness (QED) is 0.751. The molecule has 1 N–H and O–H groups in total. The summed E-state index contributed by atoms with van der Waals surface area (Å²) in [5.41, 5.74) is 0.618. The van der Waals surface area contributed by atoms with Crippen LogP contribution in [0.3, 0.4) is 0 Å². The van der Waals surface area contributed by atoms with Gasteiger partial charge in [-0.15, -0.1) is 0 Å². The van der Waals surface area contributed by atoms with E-state index in [9.17, 15) is 0 Å². The molecule has 68 valence electrons. The van der Waals surface area contributed by atoms with E-state index >= 15 is 0 Å². The van der Waals surface area contributed by atoms with Gasteiger partial charge in [0, 0.05) is 11.5 Å². The van der Waals surface area contributed by atoms with Crippen molar-refractivity contribution in [2.24, 2.45) is 0 Å². The fourth-order valence-corrected chi connectivity index (χ4v) is 0.880. The minimum atomic E-state index is -0.0523. The molecule has 1 aromatic heterocycles. The molecule has 1 rings (SSSR count). The zero-order valence-corrected chi connectivity index (χ0v) is 7.79. The lowest BCUT2D eigenvalue weighted by Crippen LogP contribution is -2.13. The van der Waals surface area contributed by atoms with Crippen molar-refractivity contribution in [2.75, 3.05) is 0 Å². The summed E-state index contributed by atoms with van der Waals surface area (Å²) in [7, 11) is 0. The fraction of sp³-hybridized carbons (Fsp3) is 0.667. The SMILES string of the molecule is CCC(C)(C)c1cc(CO)no1. The normalized spacial score (nSPS) is 12.0. The molecular weight excluding hydrogens is 154 g/mol. The predicted octanol–water partition coefficient (Wildman–Crippen LogP) is 1.85. The third-order valence-electron chi connectivity index (χ3n) is 2.27. The second-order valence-corrected chi connectivity index (χ2v) is 3.58. The molecular formula is C9H15NO2. The molecule has 0 atom stereocenters. The van der Waals surface area contributed by atoms with E-state index in [2.05, 4.69) is 25.9 Å². The lowest BCUT2D eigenvalue weighted by molar-refractivity contribution is 0.259. The molecule has 12 heavy (non-hydrogen) atoms. The van der Waals surface area contributed by atoms with Crippen LogP contribution < -0.4 is 0 Å². The highest BCUT2D eigenvalue weighted by molar-refractivity contribution is 5.13. The zero-order chi connectivity index (χ0) is 9.19. The Bertz CT molecular complexity index is 253. The molecule has 3 heteroatoms. The van der Waals surface area contributed by atoms with Gasteiger partial charge in [0.05, 0.1) is 6.61 Å². The van der Waals surface area contributed by atoms with E-state index in [1.54, 1.807) is 0 Å². The van der Waals surface area contributed by atoms with E-state index in [0.717, 1.165) is 12.2 Å². The highest BCUT2D eigenvalue weighted by Crippen LogP contribution is 2.26. The van der Waals surface area contributed by atoms with Gasteiger partial charge in [0.1, 0.15) is 11.5 Å². The van der Waals surface area contributed by atoms with Crippen molar-refractivity contribution in [3.63, 3.8) is 0 Å². The summed E-state index contributed by atoms with van der Waals surface area (Å²) in [6, 6.07) is 1.81. The van der Waals surface area contributed by atoms with Crippen LogP contribution in [0.1, 0.15) is 38.6 Å². The number of aliphatic hydroxyl groups excluding tert-OH is 1. The van der Waals surface area contributed by atoms with Gasteiger partial charge in [-0.05, 0) is 6.42 Å². The van der Waals surface area contributed by atoms with Gasteiger partial charge >= 0.3 is 0 Å². The first-order chi connectivity index (χ1) is 5.60. The summed E-state index contributed by atoms with van der Waals surface area (Å²) < 4.78 is 5.10. The summed E-state index contributed by atoms with van der Waals surface area (Å²) in [5, 5.41) is 12.5. The first-order valence-corrected chi connectivity index (χ1v) is 4.17. The van der Waals surface area contributed by atoms with Gasteiger partial charge < -0.3 is 9.63 Å². The molecule has 0 spiro atoms. The van der Waals surface area contributed by atoms with Crippen molar-refractivity contribution < 1.29 is 9.63 Å². The average molecular weight is 169 g/mol. The topological polar surface area (TPSA) is 46.3 Å². The Hall–Kier alpha value is -0.830. The molecule has 0 bridgehead atoms. The van der Waals surface area contributed by atoms with E-state index < -0.39 is 0 Å². The largest absolute Gasteiger partial charge is 0.390 e. The van der Waals surface area contributed by atoms with E-state index in [4.69, 9.17) is 9.63 Å². The van der Waals surface area contributed by atoms with Crippen molar-refractivity contribution in [1.82, 2.24) is 5.16 Å². The maximum absolute atomic E-state index is 8.77. The molecule has 0 aromatic carbocycles. The molecule has 3 nitrogen and oxygen atoms in total. The highest BCUT2D eigenvalue weighted by Gasteiger charge is 2.23. The first-order valence-electron chi connectivity index (χ1n) is 4.17. The van der Waals surface area contributed by atoms with Gasteiger partial charge in [-0.25, -0.2) is 0 Å². The lowest BCUT2D eigenvalue weighted by Gasteiger charge is -2.17. The first kappa shape index (κ1) is 9.26. The molecule has 0 unspecified atom stereocenters. The maximum Gasteiger partial charge on any atom is 0.142 e. The van der Waals surface area contributed by atoms with Crippen LogP contribution in [0, 0.1) is 0 Å². The summed E-state index contributed by atoms with van der Waals surface area (Å²) in [6.07, 6.45) is 0.993. The van der Waals surface area contributed by atoms with Crippen LogP contribution >= 0.6 is 0 Å². The Labute approximate surface area is 72.4 Å². The van der Waals surface area contributed by atoms with Crippen LogP contribution in [0.5, 0.6) is 0 Å². The Kier molecular flexibility index (Phi) is 2.52. The monoisotopic (exact) mass is 169 g/mol. The molecule has 0 aliphatic heterocycles. The van der Waals surface area contributed by atoms with Crippen molar-refractivity contribution in [2.45, 2.75) is 39.2 Å². The predicted molar refractivity (Wildman–Crippen MR) is 45.7 cm³/mol. The third-order valence-corrected chi connectivity index (χ3v) is 2.27. The molecule has 1 heterocycles. The van der Waals surface area contributed by atoms with Gasteiger partial charge in [0.2, 0.25) is 0 Å². The number of hydrogen-bond acceptors (Lipinski definition) is 3. The van der Waals surface area contributed by atoms with Gasteiger partial charge in [-0.1, -0.05) is 25.9 Å². The fourth-order valence-electron chi connectivity index (χ4n) is 0.880. The Morgan fingerprint density at radius 1 is 1.58 bits per heavy atom. The third kappa shape index (κ3) is 1.67. The molecule has 0 saturated heterocycles. The van der Waals surface area contributed by atoms with E-state index in [-0.39, 0.29) is 12.0 Å². The van der Waals surface area contributed by atoms with Gasteiger partial charge in [-0.3, -0.25) is 0 Å². The Morgan fingerprint density at radius 3 is 2.67 bits per heavy atom. The standard InChI is InChI=1S/C9H15NO2/c1-4-9(2,3)8-5-7(6-11)10-12-8/h5,11H,4,6H2,1-3H3. The molecule has 0 fully saturated rings. The van der Waals surface area contributed by atoms with Gasteiger partial charge in [0.15, 0.2) is 0 Å². The highest BCUT2D eigenvalue weighted by atomic mass is 16.5. The number of hydrogen-bond donors (Lipinski definition) is 1. The zero-order valence-electron chi connectivity index (χ0n) is 7.79. The van der Waals surface area contributed by atoms with Crippen molar-refractivity contribution in [3.05, 3.63) is 17.5 Å².